The lowest BCUT2D eigenvalue weighted by molar-refractivity contribution is -0.117. The Morgan fingerprint density at radius 2 is 1.52 bits per heavy atom. The van der Waals surface area contributed by atoms with E-state index in [-0.39, 0.29) is 18.4 Å². The van der Waals surface area contributed by atoms with Crippen LogP contribution in [0.15, 0.2) is 42.5 Å². The highest BCUT2D eigenvalue weighted by Crippen LogP contribution is 2.21. The van der Waals surface area contributed by atoms with Gasteiger partial charge >= 0.3 is 0 Å². The van der Waals surface area contributed by atoms with Crippen molar-refractivity contribution < 1.29 is 9.59 Å². The van der Waals surface area contributed by atoms with E-state index in [0.29, 0.717) is 18.0 Å². The molecule has 0 heterocycles. The van der Waals surface area contributed by atoms with Crippen LogP contribution in [-0.4, -0.2) is 18.4 Å². The molecule has 0 bridgehead atoms. The number of benzene rings is 2. The summed E-state index contributed by atoms with van der Waals surface area (Å²) in [6, 6.07) is 13.3. The number of anilines is 3. The molecule has 0 spiro atoms. The number of amides is 2. The highest BCUT2D eigenvalue weighted by Gasteiger charge is 2.08. The zero-order chi connectivity index (χ0) is 19.8. The molecule has 0 aromatic heterocycles. The molecule has 5 nitrogen and oxygen atoms in total. The van der Waals surface area contributed by atoms with Crippen molar-refractivity contribution in [1.29, 1.82) is 0 Å². The normalized spacial score (nSPS) is 10.6. The monoisotopic (exact) mass is 367 g/mol. The van der Waals surface area contributed by atoms with Crippen LogP contribution in [0.2, 0.25) is 0 Å². The van der Waals surface area contributed by atoms with Crippen molar-refractivity contribution in [2.45, 2.75) is 40.5 Å². The number of aryl methyl sites for hydroxylation is 2. The van der Waals surface area contributed by atoms with E-state index in [1.165, 1.54) is 5.56 Å². The third kappa shape index (κ3) is 6.44. The molecule has 0 aliphatic carbocycles. The molecule has 0 unspecified atom stereocenters. The second-order valence-electron chi connectivity index (χ2n) is 7.09. The highest BCUT2D eigenvalue weighted by molar-refractivity contribution is 5.95. The van der Waals surface area contributed by atoms with Gasteiger partial charge in [0.2, 0.25) is 11.8 Å². The number of nitrogens with one attached hydrogen (secondary N) is 3. The first-order valence-corrected chi connectivity index (χ1v) is 9.41. The summed E-state index contributed by atoms with van der Waals surface area (Å²) in [7, 11) is 0. The number of para-hydroxylation sites is 1. The van der Waals surface area contributed by atoms with E-state index in [0.717, 1.165) is 23.4 Å². The van der Waals surface area contributed by atoms with Crippen LogP contribution in [0.4, 0.5) is 17.1 Å². The van der Waals surface area contributed by atoms with Gasteiger partial charge in [0, 0.05) is 23.5 Å². The summed E-state index contributed by atoms with van der Waals surface area (Å²) < 4.78 is 0. The SMILES string of the molecule is CCc1cccc(C)c1NCC(=O)Nc1ccc(NC(=O)CC(C)C)cc1. The Hall–Kier alpha value is -2.82. The van der Waals surface area contributed by atoms with E-state index in [4.69, 9.17) is 0 Å². The smallest absolute Gasteiger partial charge is 0.243 e. The molecule has 5 heteroatoms. The van der Waals surface area contributed by atoms with Crippen LogP contribution >= 0.6 is 0 Å². The molecule has 0 aliphatic heterocycles. The Balaban J connectivity index is 1.88. The lowest BCUT2D eigenvalue weighted by atomic mass is 10.1. The van der Waals surface area contributed by atoms with Gasteiger partial charge in [0.15, 0.2) is 0 Å². The van der Waals surface area contributed by atoms with Crippen LogP contribution in [0.5, 0.6) is 0 Å². The lowest BCUT2D eigenvalue weighted by Crippen LogP contribution is -2.22. The number of carbonyl (C=O) groups excluding carboxylic acids is 2. The molecule has 144 valence electrons. The van der Waals surface area contributed by atoms with Crippen molar-refractivity contribution in [1.82, 2.24) is 0 Å². The van der Waals surface area contributed by atoms with Crippen LogP contribution in [0.3, 0.4) is 0 Å². The van der Waals surface area contributed by atoms with Gasteiger partial charge in [-0.05, 0) is 54.7 Å². The Kier molecular flexibility index (Phi) is 7.41. The van der Waals surface area contributed by atoms with Crippen LogP contribution in [0.1, 0.15) is 38.3 Å². The van der Waals surface area contributed by atoms with E-state index < -0.39 is 0 Å². The van der Waals surface area contributed by atoms with Gasteiger partial charge in [0.1, 0.15) is 0 Å². The topological polar surface area (TPSA) is 70.2 Å². The summed E-state index contributed by atoms with van der Waals surface area (Å²) in [5, 5.41) is 8.96. The fourth-order valence-electron chi connectivity index (χ4n) is 2.87. The average molecular weight is 367 g/mol. The van der Waals surface area contributed by atoms with Crippen molar-refractivity contribution in [2.75, 3.05) is 22.5 Å². The minimum atomic E-state index is -0.114. The average Bonchev–Trinajstić information content (AvgIpc) is 2.61. The molecule has 2 aromatic carbocycles. The van der Waals surface area contributed by atoms with Gasteiger partial charge in [-0.15, -0.1) is 0 Å². The maximum Gasteiger partial charge on any atom is 0.243 e. The van der Waals surface area contributed by atoms with Gasteiger partial charge in [-0.25, -0.2) is 0 Å². The zero-order valence-electron chi connectivity index (χ0n) is 16.6. The Labute approximate surface area is 161 Å². The van der Waals surface area contributed by atoms with Gasteiger partial charge < -0.3 is 16.0 Å². The number of rotatable bonds is 8. The van der Waals surface area contributed by atoms with Gasteiger partial charge in [-0.2, -0.15) is 0 Å². The maximum absolute atomic E-state index is 12.2. The quantitative estimate of drug-likeness (QED) is 0.639. The summed E-state index contributed by atoms with van der Waals surface area (Å²) in [6.07, 6.45) is 1.40. The van der Waals surface area contributed by atoms with Crippen LogP contribution < -0.4 is 16.0 Å². The lowest BCUT2D eigenvalue weighted by Gasteiger charge is -2.14. The van der Waals surface area contributed by atoms with Crippen molar-refractivity contribution >= 4 is 28.9 Å². The third-order valence-corrected chi connectivity index (χ3v) is 4.21. The van der Waals surface area contributed by atoms with E-state index in [9.17, 15) is 9.59 Å². The van der Waals surface area contributed by atoms with E-state index in [1.807, 2.05) is 32.9 Å². The molecule has 2 amide bonds. The van der Waals surface area contributed by atoms with Crippen LogP contribution in [0.25, 0.3) is 0 Å². The number of hydrogen-bond acceptors (Lipinski definition) is 3. The molecule has 0 atom stereocenters. The Morgan fingerprint density at radius 3 is 2.07 bits per heavy atom. The van der Waals surface area contributed by atoms with Crippen LogP contribution in [0, 0.1) is 12.8 Å². The second-order valence-corrected chi connectivity index (χ2v) is 7.09. The molecule has 2 rings (SSSR count). The molecule has 27 heavy (non-hydrogen) atoms. The van der Waals surface area contributed by atoms with Crippen molar-refractivity contribution in [3.05, 3.63) is 53.6 Å². The first-order chi connectivity index (χ1) is 12.9. The van der Waals surface area contributed by atoms with E-state index in [1.54, 1.807) is 24.3 Å². The Morgan fingerprint density at radius 1 is 0.926 bits per heavy atom. The van der Waals surface area contributed by atoms with Crippen molar-refractivity contribution in [3.8, 4) is 0 Å². The fourth-order valence-corrected chi connectivity index (χ4v) is 2.87. The Bertz CT molecular complexity index is 783. The number of hydrogen-bond donors (Lipinski definition) is 3. The zero-order valence-corrected chi connectivity index (χ0v) is 16.6. The summed E-state index contributed by atoms with van der Waals surface area (Å²) >= 11 is 0. The third-order valence-electron chi connectivity index (χ3n) is 4.21. The fraction of sp³-hybridized carbons (Fsp3) is 0.364. The molecule has 0 fully saturated rings. The number of carbonyl (C=O) groups is 2. The van der Waals surface area contributed by atoms with Crippen molar-refractivity contribution in [2.24, 2.45) is 5.92 Å². The van der Waals surface area contributed by atoms with Gasteiger partial charge in [0.25, 0.3) is 0 Å². The van der Waals surface area contributed by atoms with Gasteiger partial charge in [-0.3, -0.25) is 9.59 Å². The molecular formula is C22H29N3O2. The summed E-state index contributed by atoms with van der Waals surface area (Å²) in [5.41, 5.74) is 4.78. The second kappa shape index (κ2) is 9.76. The van der Waals surface area contributed by atoms with Crippen molar-refractivity contribution in [3.63, 3.8) is 0 Å². The van der Waals surface area contributed by atoms with E-state index >= 15 is 0 Å². The molecular weight excluding hydrogens is 338 g/mol. The molecule has 0 aliphatic rings. The molecule has 3 N–H and O–H groups in total. The predicted molar refractivity (Wildman–Crippen MR) is 112 cm³/mol. The molecule has 0 saturated heterocycles. The van der Waals surface area contributed by atoms with Gasteiger partial charge in [0.05, 0.1) is 6.54 Å². The largest absolute Gasteiger partial charge is 0.376 e. The molecule has 2 aromatic rings. The summed E-state index contributed by atoms with van der Waals surface area (Å²) in [4.78, 5) is 24.0. The first kappa shape index (κ1) is 20.5. The molecule has 0 saturated carbocycles. The standard InChI is InChI=1S/C22H29N3O2/c1-5-17-8-6-7-16(4)22(17)23-14-21(27)25-19-11-9-18(10-12-19)24-20(26)13-15(2)3/h6-12,15,23H,5,13-14H2,1-4H3,(H,24,26)(H,25,27). The summed E-state index contributed by atoms with van der Waals surface area (Å²) in [5.74, 6) is 0.199. The van der Waals surface area contributed by atoms with Gasteiger partial charge in [-0.1, -0.05) is 39.0 Å². The first-order valence-electron chi connectivity index (χ1n) is 9.41. The maximum atomic E-state index is 12.2. The predicted octanol–water partition coefficient (Wildman–Crippen LogP) is 4.59. The van der Waals surface area contributed by atoms with E-state index in [2.05, 4.69) is 28.9 Å². The molecule has 0 radical (unpaired) electrons. The highest BCUT2D eigenvalue weighted by atomic mass is 16.2. The van der Waals surface area contributed by atoms with Crippen LogP contribution in [-0.2, 0) is 16.0 Å². The summed E-state index contributed by atoms with van der Waals surface area (Å²) in [6.45, 7) is 8.34. The minimum Gasteiger partial charge on any atom is -0.376 e. The minimum absolute atomic E-state index is 0.00375.